The molecule has 1 fully saturated rings. The van der Waals surface area contributed by atoms with Gasteiger partial charge in [0, 0.05) is 22.1 Å². The molecule has 3 amide bonds. The molecule has 1 aromatic heterocycles. The van der Waals surface area contributed by atoms with E-state index in [2.05, 4.69) is 21.2 Å². The summed E-state index contributed by atoms with van der Waals surface area (Å²) < 4.78 is 2.75. The van der Waals surface area contributed by atoms with Gasteiger partial charge >= 0.3 is 12.0 Å². The van der Waals surface area contributed by atoms with Gasteiger partial charge in [-0.15, -0.1) is 0 Å². The van der Waals surface area contributed by atoms with Crippen molar-refractivity contribution in [3.63, 3.8) is 0 Å². The highest BCUT2D eigenvalue weighted by molar-refractivity contribution is 9.10. The zero-order chi connectivity index (χ0) is 17.3. The normalized spacial score (nSPS) is 15.9. The maximum atomic E-state index is 12.2. The average Bonchev–Trinajstić information content (AvgIpc) is 3.08. The fourth-order valence-corrected chi connectivity index (χ4v) is 2.76. The Morgan fingerprint density at radius 1 is 1.25 bits per heavy atom. The maximum Gasteiger partial charge on any atom is 0.329 e. The second-order valence-electron chi connectivity index (χ2n) is 5.06. The van der Waals surface area contributed by atoms with Gasteiger partial charge in [0.25, 0.3) is 5.91 Å². The number of hydrogen-bond acceptors (Lipinski definition) is 3. The van der Waals surface area contributed by atoms with E-state index >= 15 is 0 Å². The van der Waals surface area contributed by atoms with Crippen LogP contribution >= 0.6 is 15.9 Å². The van der Waals surface area contributed by atoms with Crippen LogP contribution in [0.1, 0.15) is 5.69 Å². The van der Waals surface area contributed by atoms with Crippen molar-refractivity contribution in [1.29, 1.82) is 0 Å². The molecule has 0 atom stereocenters. The molecule has 24 heavy (non-hydrogen) atoms. The summed E-state index contributed by atoms with van der Waals surface area (Å²) in [5.41, 5.74) is 1.59. The number of halogens is 1. The molecule has 0 unspecified atom stereocenters. The summed E-state index contributed by atoms with van der Waals surface area (Å²) in [5.74, 6) is -1.92. The molecule has 2 aromatic rings. The number of nitrogens with zero attached hydrogens (tertiary/aromatic N) is 2. The molecule has 2 N–H and O–H groups in total. The second-order valence-corrected chi connectivity index (χ2v) is 5.97. The third-order valence-corrected chi connectivity index (χ3v) is 3.91. The van der Waals surface area contributed by atoms with Gasteiger partial charge in [0.15, 0.2) is 0 Å². The zero-order valence-electron chi connectivity index (χ0n) is 12.3. The number of nitrogens with one attached hydrogen (secondary N) is 1. The molecule has 1 aliphatic heterocycles. The molecule has 0 radical (unpaired) electrons. The van der Waals surface area contributed by atoms with Crippen LogP contribution in [0.5, 0.6) is 0 Å². The lowest BCUT2D eigenvalue weighted by molar-refractivity contribution is -0.140. The standard InChI is InChI=1S/C16H12BrN3O4/c17-10-3-1-4-11(7-10)19-6-2-5-12(19)8-13-15(23)20(9-14(21)22)16(24)18-13/h1-8H,9H2,(H,18,24)(H,21,22)/b13-8+. The van der Waals surface area contributed by atoms with Crippen LogP contribution in [-0.4, -0.2) is 39.0 Å². The van der Waals surface area contributed by atoms with E-state index in [1.165, 1.54) is 6.08 Å². The van der Waals surface area contributed by atoms with Gasteiger partial charge in [0.1, 0.15) is 12.2 Å². The molecule has 1 aliphatic rings. The molecule has 0 spiro atoms. The first-order valence-corrected chi connectivity index (χ1v) is 7.74. The van der Waals surface area contributed by atoms with Gasteiger partial charge in [-0.25, -0.2) is 9.69 Å². The summed E-state index contributed by atoms with van der Waals surface area (Å²) in [6.45, 7) is -0.672. The highest BCUT2D eigenvalue weighted by Crippen LogP contribution is 2.20. The number of hydrogen-bond donors (Lipinski definition) is 2. The quantitative estimate of drug-likeness (QED) is 0.619. The number of aromatic nitrogens is 1. The second kappa shape index (κ2) is 6.32. The molecular weight excluding hydrogens is 378 g/mol. The van der Waals surface area contributed by atoms with Gasteiger partial charge in [0.2, 0.25) is 0 Å². The van der Waals surface area contributed by atoms with E-state index in [1.807, 2.05) is 41.1 Å². The number of urea groups is 1. The minimum Gasteiger partial charge on any atom is -0.480 e. The Bertz CT molecular complexity index is 872. The molecule has 8 heteroatoms. The summed E-state index contributed by atoms with van der Waals surface area (Å²) in [6, 6.07) is 10.4. The molecule has 122 valence electrons. The third kappa shape index (κ3) is 3.09. The van der Waals surface area contributed by atoms with E-state index in [1.54, 1.807) is 6.07 Å². The Hall–Kier alpha value is -2.87. The molecule has 1 aromatic carbocycles. The largest absolute Gasteiger partial charge is 0.480 e. The summed E-state index contributed by atoms with van der Waals surface area (Å²) >= 11 is 3.41. The number of carbonyl (C=O) groups excluding carboxylic acids is 2. The van der Waals surface area contributed by atoms with E-state index < -0.39 is 24.5 Å². The zero-order valence-corrected chi connectivity index (χ0v) is 13.9. The van der Waals surface area contributed by atoms with Crippen LogP contribution in [-0.2, 0) is 9.59 Å². The average molecular weight is 390 g/mol. The minimum absolute atomic E-state index is 0.0381. The van der Waals surface area contributed by atoms with Crippen molar-refractivity contribution in [2.45, 2.75) is 0 Å². The fraction of sp³-hybridized carbons (Fsp3) is 0.0625. The number of rotatable bonds is 4. The molecule has 1 saturated heterocycles. The van der Waals surface area contributed by atoms with E-state index in [4.69, 9.17) is 5.11 Å². The molecule has 7 nitrogen and oxygen atoms in total. The topological polar surface area (TPSA) is 91.6 Å². The van der Waals surface area contributed by atoms with Crippen molar-refractivity contribution in [1.82, 2.24) is 14.8 Å². The molecule has 0 saturated carbocycles. The predicted molar refractivity (Wildman–Crippen MR) is 89.3 cm³/mol. The van der Waals surface area contributed by atoms with Crippen molar-refractivity contribution in [2.24, 2.45) is 0 Å². The van der Waals surface area contributed by atoms with Crippen LogP contribution in [0.2, 0.25) is 0 Å². The van der Waals surface area contributed by atoms with Crippen molar-refractivity contribution < 1.29 is 19.5 Å². The van der Waals surface area contributed by atoms with Crippen LogP contribution in [0.3, 0.4) is 0 Å². The smallest absolute Gasteiger partial charge is 0.329 e. The van der Waals surface area contributed by atoms with Crippen LogP contribution in [0.25, 0.3) is 11.8 Å². The molecule has 2 heterocycles. The van der Waals surface area contributed by atoms with Crippen LogP contribution in [0.15, 0.2) is 52.8 Å². The van der Waals surface area contributed by atoms with Crippen LogP contribution in [0, 0.1) is 0 Å². The first-order chi connectivity index (χ1) is 11.5. The number of aliphatic carboxylic acids is 1. The Kier molecular flexibility index (Phi) is 4.22. The first-order valence-electron chi connectivity index (χ1n) is 6.95. The number of imide groups is 1. The van der Waals surface area contributed by atoms with Gasteiger partial charge in [0.05, 0.1) is 0 Å². The van der Waals surface area contributed by atoms with E-state index in [0.717, 1.165) is 10.2 Å². The highest BCUT2D eigenvalue weighted by Gasteiger charge is 2.35. The lowest BCUT2D eigenvalue weighted by Crippen LogP contribution is -2.35. The summed E-state index contributed by atoms with van der Waals surface area (Å²) in [5, 5.41) is 11.2. The van der Waals surface area contributed by atoms with Gasteiger partial charge in [-0.05, 0) is 36.4 Å². The maximum absolute atomic E-state index is 12.2. The summed E-state index contributed by atoms with van der Waals surface area (Å²) in [4.78, 5) is 35.3. The number of carbonyl (C=O) groups is 3. The van der Waals surface area contributed by atoms with Crippen molar-refractivity contribution >= 4 is 39.9 Å². The van der Waals surface area contributed by atoms with Crippen LogP contribution < -0.4 is 5.32 Å². The van der Waals surface area contributed by atoms with Crippen molar-refractivity contribution in [3.8, 4) is 5.69 Å². The van der Waals surface area contributed by atoms with E-state index in [9.17, 15) is 14.4 Å². The molecule has 0 bridgehead atoms. The Morgan fingerprint density at radius 2 is 2.04 bits per heavy atom. The van der Waals surface area contributed by atoms with Crippen molar-refractivity contribution in [2.75, 3.05) is 6.54 Å². The number of carboxylic acids is 1. The Balaban J connectivity index is 1.93. The van der Waals surface area contributed by atoms with Crippen LogP contribution in [0.4, 0.5) is 4.79 Å². The highest BCUT2D eigenvalue weighted by atomic mass is 79.9. The van der Waals surface area contributed by atoms with Gasteiger partial charge in [-0.1, -0.05) is 22.0 Å². The fourth-order valence-electron chi connectivity index (χ4n) is 2.37. The molecular formula is C16H12BrN3O4. The minimum atomic E-state index is -1.25. The molecule has 3 rings (SSSR count). The lowest BCUT2D eigenvalue weighted by atomic mass is 10.2. The van der Waals surface area contributed by atoms with Gasteiger partial charge in [-0.3, -0.25) is 9.59 Å². The van der Waals surface area contributed by atoms with E-state index in [0.29, 0.717) is 10.6 Å². The van der Waals surface area contributed by atoms with E-state index in [-0.39, 0.29) is 5.70 Å². The summed E-state index contributed by atoms with van der Waals surface area (Å²) in [6.07, 6.45) is 3.34. The Labute approximate surface area is 145 Å². The lowest BCUT2D eigenvalue weighted by Gasteiger charge is -2.08. The predicted octanol–water partition coefficient (Wildman–Crippen LogP) is 2.22. The summed E-state index contributed by atoms with van der Waals surface area (Å²) in [7, 11) is 0. The van der Waals surface area contributed by atoms with Crippen molar-refractivity contribution in [3.05, 3.63) is 58.5 Å². The first kappa shape index (κ1) is 16.0. The number of amides is 3. The number of benzene rings is 1. The van der Waals surface area contributed by atoms with Gasteiger partial charge in [-0.2, -0.15) is 0 Å². The SMILES string of the molecule is O=C(O)CN1C(=O)N/C(=C/c2cccn2-c2cccc(Br)c2)C1=O. The Morgan fingerprint density at radius 3 is 2.75 bits per heavy atom. The third-order valence-electron chi connectivity index (χ3n) is 3.41. The monoisotopic (exact) mass is 389 g/mol. The number of carboxylic acid groups (broad SMARTS) is 1. The van der Waals surface area contributed by atoms with Gasteiger partial charge < -0.3 is 15.0 Å². The molecule has 0 aliphatic carbocycles.